The lowest BCUT2D eigenvalue weighted by Crippen LogP contribution is -2.31. The van der Waals surface area contributed by atoms with Gasteiger partial charge in [0.05, 0.1) is 5.56 Å². The van der Waals surface area contributed by atoms with Gasteiger partial charge in [-0.1, -0.05) is 42.5 Å². The zero-order chi connectivity index (χ0) is 30.6. The molecule has 0 bridgehead atoms. The zero-order valence-electron chi connectivity index (χ0n) is 23.1. The van der Waals surface area contributed by atoms with Gasteiger partial charge < -0.3 is 23.7 Å². The van der Waals surface area contributed by atoms with Crippen molar-refractivity contribution in [2.45, 2.75) is 33.3 Å². The fourth-order valence-corrected chi connectivity index (χ4v) is 3.72. The van der Waals surface area contributed by atoms with Crippen LogP contribution in [0.3, 0.4) is 0 Å². The zero-order valence-corrected chi connectivity index (χ0v) is 23.1. The van der Waals surface area contributed by atoms with Gasteiger partial charge in [-0.2, -0.15) is 0 Å². The second-order valence-corrected chi connectivity index (χ2v) is 8.94. The number of rotatable bonds is 12. The molecule has 3 aromatic carbocycles. The lowest BCUT2D eigenvalue weighted by Gasteiger charge is -2.19. The van der Waals surface area contributed by atoms with Crippen LogP contribution < -0.4 is 9.47 Å². The van der Waals surface area contributed by atoms with E-state index in [1.807, 2.05) is 0 Å². The molecule has 0 unspecified atom stereocenters. The fourth-order valence-electron chi connectivity index (χ4n) is 3.72. The van der Waals surface area contributed by atoms with Crippen LogP contribution in [0.2, 0.25) is 0 Å². The molecule has 0 aliphatic heterocycles. The number of Topliss-reactive ketones (excluding diaryl/α,β-unsaturated/α-hetero) is 1. The van der Waals surface area contributed by atoms with Crippen LogP contribution in [0.1, 0.15) is 57.4 Å². The number of esters is 5. The third kappa shape index (κ3) is 9.12. The average Bonchev–Trinajstić information content (AvgIpc) is 2.94. The Bertz CT molecular complexity index is 1420. The van der Waals surface area contributed by atoms with E-state index in [9.17, 15) is 28.8 Å². The minimum atomic E-state index is -1.29. The Balaban J connectivity index is 1.81. The van der Waals surface area contributed by atoms with Crippen LogP contribution in [-0.4, -0.2) is 54.9 Å². The van der Waals surface area contributed by atoms with Crippen LogP contribution in [0.25, 0.3) is 0 Å². The fraction of sp³-hybridized carbons (Fsp3) is 0.226. The normalized spacial score (nSPS) is 10.4. The molecule has 0 N–H and O–H groups in total. The Morgan fingerprint density at radius 3 is 1.45 bits per heavy atom. The molecule has 0 amide bonds. The molecule has 218 valence electrons. The van der Waals surface area contributed by atoms with Crippen molar-refractivity contribution in [3.05, 3.63) is 95.1 Å². The molecule has 0 atom stereocenters. The summed E-state index contributed by atoms with van der Waals surface area (Å²) in [5.41, 5.74) is 0.415. The molecule has 0 saturated heterocycles. The molecule has 0 aliphatic rings. The summed E-state index contributed by atoms with van der Waals surface area (Å²) in [6, 6.07) is 18.1. The molecule has 3 aromatic rings. The van der Waals surface area contributed by atoms with Crippen LogP contribution >= 0.6 is 0 Å². The SMILES string of the molecule is CC(=O)Cc1ccccc1C(=O)OC(COC(=O)c1ccccc1OC(C)=O)COC(=O)c1ccccc1OC(C)=O. The summed E-state index contributed by atoms with van der Waals surface area (Å²) in [6.07, 6.45) is -1.31. The second kappa shape index (κ2) is 14.9. The lowest BCUT2D eigenvalue weighted by molar-refractivity contribution is -0.132. The highest BCUT2D eigenvalue weighted by Crippen LogP contribution is 2.21. The first-order valence-electron chi connectivity index (χ1n) is 12.7. The number of ether oxygens (including phenoxy) is 5. The largest absolute Gasteiger partial charge is 0.458 e. The van der Waals surface area contributed by atoms with E-state index in [1.54, 1.807) is 30.3 Å². The molecule has 0 radical (unpaired) electrons. The average molecular weight is 577 g/mol. The molecule has 3 rings (SSSR count). The maximum absolute atomic E-state index is 13.1. The first-order valence-corrected chi connectivity index (χ1v) is 12.7. The summed E-state index contributed by atoms with van der Waals surface area (Å²) in [6.45, 7) is 2.63. The molecular weight excluding hydrogens is 548 g/mol. The topological polar surface area (TPSA) is 149 Å². The van der Waals surface area contributed by atoms with E-state index < -0.39 is 49.2 Å². The highest BCUT2D eigenvalue weighted by Gasteiger charge is 2.25. The van der Waals surface area contributed by atoms with E-state index >= 15 is 0 Å². The van der Waals surface area contributed by atoms with Crippen molar-refractivity contribution in [2.75, 3.05) is 13.2 Å². The minimum absolute atomic E-state index is 0.0141. The van der Waals surface area contributed by atoms with Gasteiger partial charge in [0.2, 0.25) is 0 Å². The van der Waals surface area contributed by atoms with Gasteiger partial charge in [0, 0.05) is 20.3 Å². The van der Waals surface area contributed by atoms with Crippen LogP contribution in [-0.2, 0) is 35.0 Å². The van der Waals surface area contributed by atoms with Gasteiger partial charge in [-0.3, -0.25) is 14.4 Å². The Labute approximate surface area is 241 Å². The molecule has 42 heavy (non-hydrogen) atoms. The molecule has 0 heterocycles. The van der Waals surface area contributed by atoms with Gasteiger partial charge in [0.1, 0.15) is 41.6 Å². The molecule has 0 aliphatic carbocycles. The number of hydrogen-bond donors (Lipinski definition) is 0. The van der Waals surface area contributed by atoms with Crippen LogP contribution in [0.4, 0.5) is 0 Å². The Hall–Kier alpha value is -5.32. The van der Waals surface area contributed by atoms with Gasteiger partial charge in [-0.25, -0.2) is 14.4 Å². The highest BCUT2D eigenvalue weighted by molar-refractivity contribution is 5.95. The number of para-hydroxylation sites is 2. The molecule has 0 spiro atoms. The standard InChI is InChI=1S/C31H28O11/c1-19(32)16-22-10-4-5-11-24(22)31(37)42-23(17-38-29(35)25-12-6-8-14-27(25)40-20(2)33)18-39-30(36)26-13-7-9-15-28(26)41-21(3)34/h4-15,23H,16-18H2,1-3H3. The first kappa shape index (κ1) is 31.2. The van der Waals surface area contributed by atoms with E-state index in [1.165, 1.54) is 63.2 Å². The number of carbonyl (C=O) groups excluding carboxylic acids is 6. The predicted molar refractivity (Wildman–Crippen MR) is 146 cm³/mol. The van der Waals surface area contributed by atoms with Gasteiger partial charge >= 0.3 is 29.8 Å². The maximum Gasteiger partial charge on any atom is 0.342 e. The molecule has 0 saturated carbocycles. The molecule has 0 aromatic heterocycles. The van der Waals surface area contributed by atoms with E-state index in [0.717, 1.165) is 0 Å². The van der Waals surface area contributed by atoms with Gasteiger partial charge in [0.15, 0.2) is 6.10 Å². The minimum Gasteiger partial charge on any atom is -0.458 e. The van der Waals surface area contributed by atoms with Crippen molar-refractivity contribution in [3.8, 4) is 11.5 Å². The van der Waals surface area contributed by atoms with Crippen LogP contribution in [0.15, 0.2) is 72.8 Å². The Morgan fingerprint density at radius 1 is 0.571 bits per heavy atom. The van der Waals surface area contributed by atoms with Crippen molar-refractivity contribution >= 4 is 35.6 Å². The Kier molecular flexibility index (Phi) is 11.1. The first-order chi connectivity index (χ1) is 20.0. The van der Waals surface area contributed by atoms with E-state index in [2.05, 4.69) is 0 Å². The molecular formula is C31H28O11. The highest BCUT2D eigenvalue weighted by atomic mass is 16.6. The van der Waals surface area contributed by atoms with Gasteiger partial charge in [0.25, 0.3) is 0 Å². The summed E-state index contributed by atoms with van der Waals surface area (Å²) in [5, 5.41) is 0. The van der Waals surface area contributed by atoms with Crippen molar-refractivity contribution in [3.63, 3.8) is 0 Å². The van der Waals surface area contributed by atoms with Crippen LogP contribution in [0.5, 0.6) is 11.5 Å². The van der Waals surface area contributed by atoms with Gasteiger partial charge in [-0.15, -0.1) is 0 Å². The molecule has 0 fully saturated rings. The summed E-state index contributed by atoms with van der Waals surface area (Å²) in [5.74, 6) is -4.16. The predicted octanol–water partition coefficient (Wildman–Crippen LogP) is 3.91. The van der Waals surface area contributed by atoms with Crippen LogP contribution in [0, 0.1) is 0 Å². The van der Waals surface area contributed by atoms with E-state index in [4.69, 9.17) is 23.7 Å². The van der Waals surface area contributed by atoms with E-state index in [-0.39, 0.29) is 40.4 Å². The lowest BCUT2D eigenvalue weighted by atomic mass is 10.0. The second-order valence-electron chi connectivity index (χ2n) is 8.94. The number of ketones is 1. The molecule has 11 heteroatoms. The third-order valence-corrected chi connectivity index (χ3v) is 5.47. The van der Waals surface area contributed by atoms with Crippen molar-refractivity contribution < 1.29 is 52.5 Å². The van der Waals surface area contributed by atoms with E-state index in [0.29, 0.717) is 5.56 Å². The number of benzene rings is 3. The maximum atomic E-state index is 13.1. The number of carbonyl (C=O) groups is 6. The summed E-state index contributed by atoms with van der Waals surface area (Å²) >= 11 is 0. The third-order valence-electron chi connectivity index (χ3n) is 5.47. The van der Waals surface area contributed by atoms with Crippen molar-refractivity contribution in [1.82, 2.24) is 0 Å². The van der Waals surface area contributed by atoms with Crippen molar-refractivity contribution in [1.29, 1.82) is 0 Å². The summed E-state index contributed by atoms with van der Waals surface area (Å²) in [4.78, 5) is 73.3. The van der Waals surface area contributed by atoms with Gasteiger partial charge in [-0.05, 0) is 42.8 Å². The monoisotopic (exact) mass is 576 g/mol. The smallest absolute Gasteiger partial charge is 0.342 e. The summed E-state index contributed by atoms with van der Waals surface area (Å²) < 4.78 is 26.3. The van der Waals surface area contributed by atoms with Crippen molar-refractivity contribution in [2.24, 2.45) is 0 Å². The number of hydrogen-bond acceptors (Lipinski definition) is 11. The quantitative estimate of drug-likeness (QED) is 0.175. The Morgan fingerprint density at radius 2 is 1.00 bits per heavy atom. The molecule has 11 nitrogen and oxygen atoms in total. The summed E-state index contributed by atoms with van der Waals surface area (Å²) in [7, 11) is 0.